The van der Waals surface area contributed by atoms with Gasteiger partial charge >= 0.3 is 0 Å². The van der Waals surface area contributed by atoms with E-state index >= 15 is 0 Å². The minimum Gasteiger partial charge on any atom is -0.309 e. The van der Waals surface area contributed by atoms with E-state index in [-0.39, 0.29) is 0 Å². The molecule has 0 aliphatic carbocycles. The number of benzene rings is 1. The van der Waals surface area contributed by atoms with Crippen LogP contribution in [0.2, 0.25) is 0 Å². The van der Waals surface area contributed by atoms with E-state index in [9.17, 15) is 8.42 Å². The van der Waals surface area contributed by atoms with E-state index < -0.39 is 10.0 Å². The van der Waals surface area contributed by atoms with Crippen molar-refractivity contribution in [2.24, 2.45) is 0 Å². The van der Waals surface area contributed by atoms with Gasteiger partial charge in [0.15, 0.2) is 0 Å². The SMILES string of the molecule is O=S(=O)(NCc1ccc2c(c1)CNC2)c1sccc1Br. The molecule has 0 bridgehead atoms. The summed E-state index contributed by atoms with van der Waals surface area (Å²) in [5, 5.41) is 5.02. The second-order valence-electron chi connectivity index (χ2n) is 4.59. The van der Waals surface area contributed by atoms with Gasteiger partial charge in [0, 0.05) is 24.1 Å². The fraction of sp³-hybridized carbons (Fsp3) is 0.231. The number of hydrogen-bond donors (Lipinski definition) is 2. The molecule has 0 spiro atoms. The van der Waals surface area contributed by atoms with Crippen LogP contribution < -0.4 is 10.0 Å². The Labute approximate surface area is 130 Å². The Morgan fingerprint density at radius 1 is 1.25 bits per heavy atom. The highest BCUT2D eigenvalue weighted by Crippen LogP contribution is 2.27. The fourth-order valence-electron chi connectivity index (χ4n) is 2.17. The Bertz CT molecular complexity index is 741. The van der Waals surface area contributed by atoms with E-state index in [0.717, 1.165) is 18.7 Å². The Morgan fingerprint density at radius 2 is 2.05 bits per heavy atom. The first-order chi connectivity index (χ1) is 9.56. The van der Waals surface area contributed by atoms with E-state index in [2.05, 4.69) is 38.1 Å². The van der Waals surface area contributed by atoms with Crippen molar-refractivity contribution in [3.05, 3.63) is 50.8 Å². The summed E-state index contributed by atoms with van der Waals surface area (Å²) in [6, 6.07) is 7.82. The smallest absolute Gasteiger partial charge is 0.251 e. The van der Waals surface area contributed by atoms with Crippen LogP contribution in [0.4, 0.5) is 0 Å². The van der Waals surface area contributed by atoms with Crippen LogP contribution in [0.3, 0.4) is 0 Å². The second-order valence-corrected chi connectivity index (χ2v) is 8.32. The molecule has 1 aromatic carbocycles. The van der Waals surface area contributed by atoms with Crippen molar-refractivity contribution < 1.29 is 8.42 Å². The summed E-state index contributed by atoms with van der Waals surface area (Å²) >= 11 is 4.46. The van der Waals surface area contributed by atoms with Crippen LogP contribution in [0, 0.1) is 0 Å². The monoisotopic (exact) mass is 372 g/mol. The molecule has 3 rings (SSSR count). The molecule has 2 aromatic rings. The molecule has 0 saturated carbocycles. The third-order valence-corrected chi connectivity index (χ3v) is 7.27. The van der Waals surface area contributed by atoms with E-state index in [0.29, 0.717) is 15.2 Å². The lowest BCUT2D eigenvalue weighted by Crippen LogP contribution is -2.22. The maximum atomic E-state index is 12.2. The molecule has 1 aliphatic heterocycles. The first kappa shape index (κ1) is 14.2. The van der Waals surface area contributed by atoms with Gasteiger partial charge in [0.05, 0.1) is 0 Å². The van der Waals surface area contributed by atoms with Gasteiger partial charge in [-0.15, -0.1) is 11.3 Å². The Morgan fingerprint density at radius 3 is 2.80 bits per heavy atom. The molecular formula is C13H13BrN2O2S2. The number of halogens is 1. The summed E-state index contributed by atoms with van der Waals surface area (Å²) in [6.45, 7) is 2.05. The lowest BCUT2D eigenvalue weighted by Gasteiger charge is -2.07. The normalized spacial score (nSPS) is 14.4. The van der Waals surface area contributed by atoms with E-state index in [1.807, 2.05) is 6.07 Å². The number of fused-ring (bicyclic) bond motifs is 1. The highest BCUT2D eigenvalue weighted by molar-refractivity contribution is 9.10. The van der Waals surface area contributed by atoms with Crippen molar-refractivity contribution in [1.82, 2.24) is 10.0 Å². The van der Waals surface area contributed by atoms with Gasteiger partial charge in [-0.3, -0.25) is 0 Å². The second kappa shape index (κ2) is 5.57. The molecule has 0 radical (unpaired) electrons. The quantitative estimate of drug-likeness (QED) is 0.866. The summed E-state index contributed by atoms with van der Waals surface area (Å²) in [6.07, 6.45) is 0. The molecule has 4 nitrogen and oxygen atoms in total. The van der Waals surface area contributed by atoms with Crippen molar-refractivity contribution in [1.29, 1.82) is 0 Å². The van der Waals surface area contributed by atoms with Crippen LogP contribution in [0.25, 0.3) is 0 Å². The standard InChI is InChI=1S/C13H13BrN2O2S2/c14-12-3-4-19-13(12)20(17,18)16-6-9-1-2-10-7-15-8-11(10)5-9/h1-5,15-16H,6-8H2. The zero-order valence-electron chi connectivity index (χ0n) is 10.5. The predicted octanol–water partition coefficient (Wildman–Crippen LogP) is 2.59. The van der Waals surface area contributed by atoms with Crippen LogP contribution in [0.15, 0.2) is 38.3 Å². The maximum absolute atomic E-state index is 12.2. The molecular weight excluding hydrogens is 360 g/mol. The van der Waals surface area contributed by atoms with Gasteiger partial charge in [-0.05, 0) is 44.1 Å². The Hall–Kier alpha value is -0.730. The maximum Gasteiger partial charge on any atom is 0.251 e. The van der Waals surface area contributed by atoms with Gasteiger partial charge in [0.1, 0.15) is 4.21 Å². The zero-order chi connectivity index (χ0) is 14.2. The Kier molecular flexibility index (Phi) is 3.96. The molecule has 1 aromatic heterocycles. The number of hydrogen-bond acceptors (Lipinski definition) is 4. The summed E-state index contributed by atoms with van der Waals surface area (Å²) < 4.78 is 27.9. The third-order valence-electron chi connectivity index (χ3n) is 3.20. The average Bonchev–Trinajstić information content (AvgIpc) is 3.04. The molecule has 106 valence electrons. The molecule has 0 atom stereocenters. The van der Waals surface area contributed by atoms with E-state index in [4.69, 9.17) is 0 Å². The molecule has 0 amide bonds. The average molecular weight is 373 g/mol. The van der Waals surface area contributed by atoms with Gasteiger partial charge < -0.3 is 5.32 Å². The third kappa shape index (κ3) is 2.82. The minimum absolute atomic E-state index is 0.306. The predicted molar refractivity (Wildman–Crippen MR) is 83.0 cm³/mol. The summed E-state index contributed by atoms with van der Waals surface area (Å²) in [5.74, 6) is 0. The van der Waals surface area contributed by atoms with Crippen LogP contribution in [-0.4, -0.2) is 8.42 Å². The summed E-state index contributed by atoms with van der Waals surface area (Å²) in [7, 11) is -3.45. The fourth-order valence-corrected chi connectivity index (χ4v) is 5.57. The lowest BCUT2D eigenvalue weighted by atomic mass is 10.1. The molecule has 0 saturated heterocycles. The topological polar surface area (TPSA) is 58.2 Å². The van der Waals surface area contributed by atoms with Gasteiger partial charge in [-0.1, -0.05) is 18.2 Å². The van der Waals surface area contributed by atoms with Crippen molar-refractivity contribution in [2.45, 2.75) is 23.8 Å². The largest absolute Gasteiger partial charge is 0.309 e. The van der Waals surface area contributed by atoms with Crippen LogP contribution in [-0.2, 0) is 29.7 Å². The van der Waals surface area contributed by atoms with Gasteiger partial charge in [0.25, 0.3) is 10.0 Å². The highest BCUT2D eigenvalue weighted by atomic mass is 79.9. The molecule has 1 aliphatic rings. The molecule has 20 heavy (non-hydrogen) atoms. The van der Waals surface area contributed by atoms with Crippen molar-refractivity contribution in [2.75, 3.05) is 0 Å². The van der Waals surface area contributed by atoms with E-state index in [1.165, 1.54) is 22.5 Å². The zero-order valence-corrected chi connectivity index (χ0v) is 13.7. The van der Waals surface area contributed by atoms with Crippen molar-refractivity contribution in [3.63, 3.8) is 0 Å². The molecule has 0 unspecified atom stereocenters. The first-order valence-corrected chi connectivity index (χ1v) is 9.26. The molecule has 0 fully saturated rings. The molecule has 2 heterocycles. The van der Waals surface area contributed by atoms with Crippen LogP contribution in [0.1, 0.15) is 16.7 Å². The van der Waals surface area contributed by atoms with Crippen LogP contribution >= 0.6 is 27.3 Å². The van der Waals surface area contributed by atoms with Gasteiger partial charge in [-0.25, -0.2) is 13.1 Å². The number of rotatable bonds is 4. The number of thiophene rings is 1. The van der Waals surface area contributed by atoms with Crippen molar-refractivity contribution in [3.8, 4) is 0 Å². The number of nitrogens with one attached hydrogen (secondary N) is 2. The minimum atomic E-state index is -3.45. The molecule has 7 heteroatoms. The Balaban J connectivity index is 1.75. The van der Waals surface area contributed by atoms with Gasteiger partial charge in [-0.2, -0.15) is 0 Å². The lowest BCUT2D eigenvalue weighted by molar-refractivity contribution is 0.583. The van der Waals surface area contributed by atoms with Gasteiger partial charge in [0.2, 0.25) is 0 Å². The molecule has 2 N–H and O–H groups in total. The van der Waals surface area contributed by atoms with Crippen molar-refractivity contribution >= 4 is 37.3 Å². The summed E-state index contributed by atoms with van der Waals surface area (Å²) in [4.78, 5) is 0. The van der Waals surface area contributed by atoms with E-state index in [1.54, 1.807) is 11.4 Å². The first-order valence-electron chi connectivity index (χ1n) is 6.10. The summed E-state index contributed by atoms with van der Waals surface area (Å²) in [5.41, 5.74) is 3.51. The highest BCUT2D eigenvalue weighted by Gasteiger charge is 2.19. The van der Waals surface area contributed by atoms with Crippen LogP contribution in [0.5, 0.6) is 0 Å². The number of sulfonamides is 1.